The van der Waals surface area contributed by atoms with Crippen molar-refractivity contribution < 1.29 is 23.1 Å². The average Bonchev–Trinajstić information content (AvgIpc) is 2.84. The van der Waals surface area contributed by atoms with Crippen LogP contribution in [0.5, 0.6) is 0 Å². The summed E-state index contributed by atoms with van der Waals surface area (Å²) in [5.41, 5.74) is 0. The van der Waals surface area contributed by atoms with Crippen molar-refractivity contribution in [2.24, 2.45) is 5.92 Å². The number of carbonyl (C=O) groups is 1. The van der Waals surface area contributed by atoms with Gasteiger partial charge in [0.2, 0.25) is 10.0 Å². The van der Waals surface area contributed by atoms with E-state index in [0.29, 0.717) is 0 Å². The molecule has 0 bridgehead atoms. The number of esters is 1. The molecule has 0 amide bonds. The van der Waals surface area contributed by atoms with E-state index in [1.165, 1.54) is 18.6 Å². The lowest BCUT2D eigenvalue weighted by molar-refractivity contribution is 0.0602. The quantitative estimate of drug-likeness (QED) is 0.759. The number of sulfonamides is 1. The molecule has 0 aliphatic carbocycles. The molecule has 2 N–H and O–H groups in total. The molecule has 1 rings (SSSR count). The topological polar surface area (TPSA) is 92.7 Å². The highest BCUT2D eigenvalue weighted by Crippen LogP contribution is 2.23. The lowest BCUT2D eigenvalue weighted by atomic mass is 10.1. The van der Waals surface area contributed by atoms with Crippen LogP contribution in [0.25, 0.3) is 0 Å². The van der Waals surface area contributed by atoms with Gasteiger partial charge < -0.3 is 9.84 Å². The Morgan fingerprint density at radius 2 is 2.16 bits per heavy atom. The van der Waals surface area contributed by atoms with Gasteiger partial charge >= 0.3 is 5.97 Å². The van der Waals surface area contributed by atoms with Gasteiger partial charge in [0.1, 0.15) is 9.77 Å². The smallest absolute Gasteiger partial charge is 0.349 e. The van der Waals surface area contributed by atoms with Gasteiger partial charge in [-0.1, -0.05) is 13.8 Å². The van der Waals surface area contributed by atoms with Gasteiger partial charge in [0.05, 0.1) is 13.7 Å². The van der Waals surface area contributed by atoms with Crippen LogP contribution in [0.2, 0.25) is 0 Å². The lowest BCUT2D eigenvalue weighted by Crippen LogP contribution is -2.41. The first kappa shape index (κ1) is 16.1. The second kappa shape index (κ2) is 6.47. The zero-order valence-electron chi connectivity index (χ0n) is 10.9. The molecule has 0 spiro atoms. The first-order valence-corrected chi connectivity index (χ1v) is 7.98. The minimum Gasteiger partial charge on any atom is -0.465 e. The SMILES string of the molecule is COC(=O)c1sccc1S(=O)(=O)NC(CO)C(C)C. The fourth-order valence-electron chi connectivity index (χ4n) is 1.40. The molecule has 8 heteroatoms. The number of aliphatic hydroxyl groups excluding tert-OH is 1. The molecule has 6 nitrogen and oxygen atoms in total. The predicted molar refractivity (Wildman–Crippen MR) is 71.7 cm³/mol. The number of hydrogen-bond donors (Lipinski definition) is 2. The van der Waals surface area contributed by atoms with Crippen molar-refractivity contribution in [3.63, 3.8) is 0 Å². The van der Waals surface area contributed by atoms with Gasteiger partial charge in [0, 0.05) is 6.04 Å². The molecule has 108 valence electrons. The zero-order valence-corrected chi connectivity index (χ0v) is 12.5. The van der Waals surface area contributed by atoms with Crippen molar-refractivity contribution >= 4 is 27.3 Å². The Kier molecular flexibility index (Phi) is 5.48. The van der Waals surface area contributed by atoms with E-state index in [4.69, 9.17) is 5.11 Å². The number of aliphatic hydroxyl groups is 1. The van der Waals surface area contributed by atoms with E-state index >= 15 is 0 Å². The first-order valence-electron chi connectivity index (χ1n) is 5.62. The minimum absolute atomic E-state index is 0.0236. The highest BCUT2D eigenvalue weighted by molar-refractivity contribution is 7.89. The van der Waals surface area contributed by atoms with Crippen LogP contribution in [-0.4, -0.2) is 39.3 Å². The highest BCUT2D eigenvalue weighted by atomic mass is 32.2. The third-order valence-electron chi connectivity index (χ3n) is 2.60. The van der Waals surface area contributed by atoms with Gasteiger partial charge in [-0.3, -0.25) is 0 Å². The maximum absolute atomic E-state index is 12.2. The Morgan fingerprint density at radius 1 is 1.53 bits per heavy atom. The molecule has 0 aromatic carbocycles. The number of methoxy groups -OCH3 is 1. The van der Waals surface area contributed by atoms with Gasteiger partial charge in [-0.25, -0.2) is 17.9 Å². The molecule has 0 saturated carbocycles. The van der Waals surface area contributed by atoms with Gasteiger partial charge in [-0.15, -0.1) is 11.3 Å². The molecular weight excluding hydrogens is 290 g/mol. The third-order valence-corrected chi connectivity index (χ3v) is 5.15. The molecule has 1 heterocycles. The molecule has 0 aliphatic heterocycles. The number of rotatable bonds is 6. The van der Waals surface area contributed by atoms with Gasteiger partial charge in [-0.2, -0.15) is 0 Å². The molecule has 0 saturated heterocycles. The summed E-state index contributed by atoms with van der Waals surface area (Å²) in [6.07, 6.45) is 0. The van der Waals surface area contributed by atoms with E-state index in [9.17, 15) is 13.2 Å². The van der Waals surface area contributed by atoms with E-state index in [0.717, 1.165) is 11.3 Å². The summed E-state index contributed by atoms with van der Waals surface area (Å²) >= 11 is 0.996. The van der Waals surface area contributed by atoms with E-state index in [2.05, 4.69) is 9.46 Å². The maximum atomic E-state index is 12.2. The summed E-state index contributed by atoms with van der Waals surface area (Å²) in [4.78, 5) is 11.4. The van der Waals surface area contributed by atoms with Crippen LogP contribution in [0.3, 0.4) is 0 Å². The van der Waals surface area contributed by atoms with Crippen LogP contribution >= 0.6 is 11.3 Å². The number of ether oxygens (including phenoxy) is 1. The summed E-state index contributed by atoms with van der Waals surface area (Å²) in [7, 11) is -2.67. The molecular formula is C11H17NO5S2. The predicted octanol–water partition coefficient (Wildman–Crippen LogP) is 0.830. The second-order valence-corrected chi connectivity index (χ2v) is 6.86. The molecule has 1 aromatic rings. The minimum atomic E-state index is -3.86. The standard InChI is InChI=1S/C11H17NO5S2/c1-7(2)8(6-13)12-19(15,16)9-4-5-18-10(9)11(14)17-3/h4-5,7-8,12-13H,6H2,1-3H3. The van der Waals surface area contributed by atoms with Crippen LogP contribution in [-0.2, 0) is 14.8 Å². The van der Waals surface area contributed by atoms with Crippen molar-refractivity contribution in [3.8, 4) is 0 Å². The van der Waals surface area contributed by atoms with Crippen LogP contribution in [0, 0.1) is 5.92 Å². The number of nitrogens with one attached hydrogen (secondary N) is 1. The zero-order chi connectivity index (χ0) is 14.6. The van der Waals surface area contributed by atoms with Crippen molar-refractivity contribution in [1.82, 2.24) is 4.72 Å². The van der Waals surface area contributed by atoms with E-state index < -0.39 is 22.0 Å². The van der Waals surface area contributed by atoms with Crippen LogP contribution in [0.1, 0.15) is 23.5 Å². The largest absolute Gasteiger partial charge is 0.465 e. The number of hydrogen-bond acceptors (Lipinski definition) is 6. The van der Waals surface area contributed by atoms with Crippen molar-refractivity contribution in [2.45, 2.75) is 24.8 Å². The molecule has 0 fully saturated rings. The highest BCUT2D eigenvalue weighted by Gasteiger charge is 2.27. The van der Waals surface area contributed by atoms with Gasteiger partial charge in [-0.05, 0) is 17.4 Å². The van der Waals surface area contributed by atoms with Crippen LogP contribution in [0.4, 0.5) is 0 Å². The van der Waals surface area contributed by atoms with Crippen molar-refractivity contribution in [2.75, 3.05) is 13.7 Å². The fraction of sp³-hybridized carbons (Fsp3) is 0.545. The normalized spacial score (nSPS) is 13.5. The Hall–Kier alpha value is -0.960. The Morgan fingerprint density at radius 3 is 2.63 bits per heavy atom. The third kappa shape index (κ3) is 3.75. The summed E-state index contributed by atoms with van der Waals surface area (Å²) < 4.78 is 31.3. The van der Waals surface area contributed by atoms with Crippen molar-refractivity contribution in [3.05, 3.63) is 16.3 Å². The summed E-state index contributed by atoms with van der Waals surface area (Å²) in [5, 5.41) is 10.7. The summed E-state index contributed by atoms with van der Waals surface area (Å²) in [5.74, 6) is -0.763. The first-order chi connectivity index (χ1) is 8.83. The monoisotopic (exact) mass is 307 g/mol. The lowest BCUT2D eigenvalue weighted by Gasteiger charge is -2.19. The van der Waals surface area contributed by atoms with Gasteiger partial charge in [0.15, 0.2) is 0 Å². The average molecular weight is 307 g/mol. The van der Waals surface area contributed by atoms with Gasteiger partial charge in [0.25, 0.3) is 0 Å². The Bertz CT molecular complexity index is 535. The summed E-state index contributed by atoms with van der Waals surface area (Å²) in [6.45, 7) is 3.27. The van der Waals surface area contributed by atoms with Crippen LogP contribution in [0.15, 0.2) is 16.3 Å². The van der Waals surface area contributed by atoms with E-state index in [1.54, 1.807) is 13.8 Å². The fourth-order valence-corrected chi connectivity index (χ4v) is 4.11. The number of carbonyl (C=O) groups excluding carboxylic acids is 1. The molecule has 19 heavy (non-hydrogen) atoms. The molecule has 0 radical (unpaired) electrons. The molecule has 1 aromatic heterocycles. The van der Waals surface area contributed by atoms with E-state index in [-0.39, 0.29) is 22.3 Å². The summed E-state index contributed by atoms with van der Waals surface area (Å²) in [6, 6.07) is 0.740. The van der Waals surface area contributed by atoms with Crippen molar-refractivity contribution in [1.29, 1.82) is 0 Å². The molecule has 1 atom stereocenters. The number of thiophene rings is 1. The maximum Gasteiger partial charge on any atom is 0.349 e. The Balaban J connectivity index is 3.08. The van der Waals surface area contributed by atoms with Crippen LogP contribution < -0.4 is 4.72 Å². The molecule has 1 unspecified atom stereocenters. The van der Waals surface area contributed by atoms with E-state index in [1.807, 2.05) is 0 Å². The second-order valence-electron chi connectivity index (χ2n) is 4.26. The molecule has 0 aliphatic rings. The Labute approximate surface area is 116 Å².